The Kier molecular flexibility index (Phi) is 5.03. The Labute approximate surface area is 133 Å². The van der Waals surface area contributed by atoms with E-state index in [2.05, 4.69) is 10.5 Å². The summed E-state index contributed by atoms with van der Waals surface area (Å²) in [5.74, 6) is 0.849. The van der Waals surface area contributed by atoms with E-state index in [1.807, 2.05) is 13.8 Å². The van der Waals surface area contributed by atoms with Crippen LogP contribution < -0.4 is 5.32 Å². The highest BCUT2D eigenvalue weighted by Crippen LogP contribution is 2.30. The predicted molar refractivity (Wildman–Crippen MR) is 85.6 cm³/mol. The molecule has 0 aliphatic heterocycles. The lowest BCUT2D eigenvalue weighted by molar-refractivity contribution is -0.384. The summed E-state index contributed by atoms with van der Waals surface area (Å²) in [6.45, 7) is 6.34. The Bertz CT molecular complexity index is 655. The number of hydrogen-bond donors (Lipinski definition) is 1. The number of nitro benzene ring substituents is 1. The van der Waals surface area contributed by atoms with Gasteiger partial charge in [0.1, 0.15) is 5.76 Å². The van der Waals surface area contributed by atoms with Crippen LogP contribution in [0.3, 0.4) is 0 Å². The zero-order chi connectivity index (χ0) is 16.3. The van der Waals surface area contributed by atoms with Gasteiger partial charge >= 0.3 is 0 Å². The molecular formula is C15H18ClN3O3. The summed E-state index contributed by atoms with van der Waals surface area (Å²) >= 11 is 6.12. The molecule has 1 N–H and O–H groups in total. The number of benzene rings is 1. The number of non-ortho nitro benzene ring substituents is 1. The predicted octanol–water partition coefficient (Wildman–Crippen LogP) is 4.21. The van der Waals surface area contributed by atoms with Crippen molar-refractivity contribution in [2.75, 3.05) is 11.9 Å². The maximum Gasteiger partial charge on any atom is 0.271 e. The molecule has 1 heterocycles. The highest BCUT2D eigenvalue weighted by atomic mass is 35.5. The lowest BCUT2D eigenvalue weighted by atomic mass is 10.1. The van der Waals surface area contributed by atoms with Crippen molar-refractivity contribution in [3.05, 3.63) is 49.9 Å². The van der Waals surface area contributed by atoms with E-state index in [4.69, 9.17) is 16.1 Å². The van der Waals surface area contributed by atoms with E-state index in [1.54, 1.807) is 6.92 Å². The van der Waals surface area contributed by atoms with Gasteiger partial charge in [-0.1, -0.05) is 16.8 Å². The van der Waals surface area contributed by atoms with Crippen molar-refractivity contribution in [2.45, 2.75) is 33.6 Å². The topological polar surface area (TPSA) is 81.2 Å². The first-order valence-electron chi connectivity index (χ1n) is 7.00. The molecule has 118 valence electrons. The van der Waals surface area contributed by atoms with Crippen LogP contribution in [0.2, 0.25) is 5.02 Å². The Balaban J connectivity index is 1.96. The van der Waals surface area contributed by atoms with Gasteiger partial charge in [-0.25, -0.2) is 0 Å². The number of nitrogens with one attached hydrogen (secondary N) is 1. The largest absolute Gasteiger partial charge is 0.384 e. The van der Waals surface area contributed by atoms with Gasteiger partial charge in [0.25, 0.3) is 5.69 Å². The molecule has 0 radical (unpaired) electrons. The molecule has 0 amide bonds. The SMILES string of the molecule is Cc1cc([N+](=O)[O-])cc(Cl)c1NCCCc1c(C)noc1C. The molecule has 2 rings (SSSR count). The van der Waals surface area contributed by atoms with Gasteiger partial charge in [-0.3, -0.25) is 10.1 Å². The van der Waals surface area contributed by atoms with Gasteiger partial charge in [-0.05, 0) is 39.2 Å². The molecule has 0 unspecified atom stereocenters. The van der Waals surface area contributed by atoms with Crippen molar-refractivity contribution in [3.8, 4) is 0 Å². The molecule has 1 aromatic carbocycles. The fraction of sp³-hybridized carbons (Fsp3) is 0.400. The maximum atomic E-state index is 10.8. The summed E-state index contributed by atoms with van der Waals surface area (Å²) in [5, 5.41) is 18.3. The minimum absolute atomic E-state index is 0.00349. The van der Waals surface area contributed by atoms with Gasteiger partial charge in [0.2, 0.25) is 0 Å². The first kappa shape index (κ1) is 16.3. The van der Waals surface area contributed by atoms with Gasteiger partial charge in [0, 0.05) is 24.2 Å². The van der Waals surface area contributed by atoms with E-state index in [0.29, 0.717) is 11.6 Å². The molecule has 0 bridgehead atoms. The average Bonchev–Trinajstić information content (AvgIpc) is 2.76. The van der Waals surface area contributed by atoms with Gasteiger partial charge in [0.15, 0.2) is 0 Å². The molecule has 0 aliphatic rings. The summed E-state index contributed by atoms with van der Waals surface area (Å²) in [5.41, 5.74) is 3.56. The summed E-state index contributed by atoms with van der Waals surface area (Å²) in [7, 11) is 0. The monoisotopic (exact) mass is 323 g/mol. The van der Waals surface area contributed by atoms with E-state index >= 15 is 0 Å². The van der Waals surface area contributed by atoms with Crippen molar-refractivity contribution < 1.29 is 9.45 Å². The Hall–Kier alpha value is -2.08. The third-order valence-electron chi connectivity index (χ3n) is 3.57. The number of halogens is 1. The van der Waals surface area contributed by atoms with Crippen LogP contribution in [0.1, 0.15) is 29.0 Å². The smallest absolute Gasteiger partial charge is 0.271 e. The molecule has 0 fully saturated rings. The van der Waals surface area contributed by atoms with Crippen molar-refractivity contribution in [3.63, 3.8) is 0 Å². The van der Waals surface area contributed by atoms with Crippen LogP contribution in [0.25, 0.3) is 0 Å². The molecule has 7 heteroatoms. The van der Waals surface area contributed by atoms with E-state index in [1.165, 1.54) is 12.1 Å². The van der Waals surface area contributed by atoms with Gasteiger partial charge in [-0.15, -0.1) is 0 Å². The lowest BCUT2D eigenvalue weighted by Crippen LogP contribution is -2.06. The fourth-order valence-corrected chi connectivity index (χ4v) is 2.72. The molecule has 0 saturated carbocycles. The molecule has 0 spiro atoms. The third-order valence-corrected chi connectivity index (χ3v) is 3.87. The molecule has 0 aliphatic carbocycles. The fourth-order valence-electron chi connectivity index (χ4n) is 2.39. The number of hydrogen-bond acceptors (Lipinski definition) is 5. The summed E-state index contributed by atoms with van der Waals surface area (Å²) in [6, 6.07) is 2.88. The van der Waals surface area contributed by atoms with Crippen LogP contribution >= 0.6 is 11.6 Å². The minimum Gasteiger partial charge on any atom is -0.384 e. The Morgan fingerprint density at radius 2 is 2.09 bits per heavy atom. The molecular weight excluding hydrogens is 306 g/mol. The van der Waals surface area contributed by atoms with Crippen LogP contribution in [0.15, 0.2) is 16.7 Å². The van der Waals surface area contributed by atoms with Gasteiger partial charge in [-0.2, -0.15) is 0 Å². The van der Waals surface area contributed by atoms with Crippen molar-refractivity contribution >= 4 is 23.0 Å². The van der Waals surface area contributed by atoms with Crippen LogP contribution in [0.5, 0.6) is 0 Å². The number of nitro groups is 1. The summed E-state index contributed by atoms with van der Waals surface area (Å²) in [6.07, 6.45) is 1.74. The number of nitrogens with zero attached hydrogens (tertiary/aromatic N) is 2. The average molecular weight is 324 g/mol. The molecule has 0 saturated heterocycles. The number of rotatable bonds is 6. The second-order valence-corrected chi connectivity index (χ2v) is 5.62. The Morgan fingerprint density at radius 1 is 1.36 bits per heavy atom. The molecule has 6 nitrogen and oxygen atoms in total. The van der Waals surface area contributed by atoms with Gasteiger partial charge in [0.05, 0.1) is 21.3 Å². The lowest BCUT2D eigenvalue weighted by Gasteiger charge is -2.11. The number of aromatic nitrogens is 1. The van der Waals surface area contributed by atoms with E-state index in [0.717, 1.165) is 41.1 Å². The van der Waals surface area contributed by atoms with Gasteiger partial charge < -0.3 is 9.84 Å². The van der Waals surface area contributed by atoms with Crippen molar-refractivity contribution in [2.24, 2.45) is 0 Å². The maximum absolute atomic E-state index is 10.8. The highest BCUT2D eigenvalue weighted by molar-refractivity contribution is 6.33. The Morgan fingerprint density at radius 3 is 2.64 bits per heavy atom. The molecule has 0 atom stereocenters. The zero-order valence-electron chi connectivity index (χ0n) is 12.8. The summed E-state index contributed by atoms with van der Waals surface area (Å²) in [4.78, 5) is 10.3. The molecule has 2 aromatic rings. The minimum atomic E-state index is -0.444. The molecule has 22 heavy (non-hydrogen) atoms. The third kappa shape index (κ3) is 3.57. The molecule has 1 aromatic heterocycles. The van der Waals surface area contributed by atoms with E-state index in [9.17, 15) is 10.1 Å². The summed E-state index contributed by atoms with van der Waals surface area (Å²) < 4.78 is 5.13. The second kappa shape index (κ2) is 6.79. The number of anilines is 1. The quantitative estimate of drug-likeness (QED) is 0.489. The zero-order valence-corrected chi connectivity index (χ0v) is 13.5. The standard InChI is InChI=1S/C15H18ClN3O3/c1-9-7-12(19(20)21)8-14(16)15(9)17-6-4-5-13-10(2)18-22-11(13)3/h7-8,17H,4-6H2,1-3H3. The van der Waals surface area contributed by atoms with E-state index in [-0.39, 0.29) is 5.69 Å². The van der Waals surface area contributed by atoms with Crippen LogP contribution in [-0.4, -0.2) is 16.6 Å². The normalized spacial score (nSPS) is 10.7. The van der Waals surface area contributed by atoms with Crippen molar-refractivity contribution in [1.29, 1.82) is 0 Å². The first-order chi connectivity index (χ1) is 10.4. The van der Waals surface area contributed by atoms with Crippen molar-refractivity contribution in [1.82, 2.24) is 5.16 Å². The second-order valence-electron chi connectivity index (χ2n) is 5.21. The highest BCUT2D eigenvalue weighted by Gasteiger charge is 2.13. The van der Waals surface area contributed by atoms with Crippen LogP contribution in [-0.2, 0) is 6.42 Å². The van der Waals surface area contributed by atoms with Crippen LogP contribution in [0.4, 0.5) is 11.4 Å². The van der Waals surface area contributed by atoms with E-state index < -0.39 is 4.92 Å². The first-order valence-corrected chi connectivity index (χ1v) is 7.38. The number of aryl methyl sites for hydroxylation is 3. The van der Waals surface area contributed by atoms with Crippen LogP contribution in [0, 0.1) is 30.9 Å².